The Bertz CT molecular complexity index is 333. The molecule has 0 aliphatic heterocycles. The third-order valence-electron chi connectivity index (χ3n) is 2.93. The van der Waals surface area contributed by atoms with Crippen molar-refractivity contribution in [2.24, 2.45) is 11.7 Å². The van der Waals surface area contributed by atoms with Gasteiger partial charge in [-0.3, -0.25) is 9.52 Å². The highest BCUT2D eigenvalue weighted by Crippen LogP contribution is 2.16. The molecule has 0 spiro atoms. The Balaban J connectivity index is 4.16. The number of nitrogens with one attached hydrogen (secondary N) is 1. The summed E-state index contributed by atoms with van der Waals surface area (Å²) in [5, 5.41) is -0.586. The first-order chi connectivity index (χ1) is 8.33. The average molecular weight is 278 g/mol. The molecule has 5 nitrogen and oxygen atoms in total. The van der Waals surface area contributed by atoms with Crippen LogP contribution in [0.2, 0.25) is 0 Å². The molecule has 0 aliphatic carbocycles. The summed E-state index contributed by atoms with van der Waals surface area (Å²) in [6, 6.07) is 0. The second-order valence-corrected chi connectivity index (χ2v) is 7.13. The molecule has 0 saturated heterocycles. The largest absolute Gasteiger partial charge is 0.330 e. The van der Waals surface area contributed by atoms with Gasteiger partial charge in [0.25, 0.3) is 0 Å². The van der Waals surface area contributed by atoms with Crippen molar-refractivity contribution in [1.82, 2.24) is 4.72 Å². The predicted octanol–water partition coefficient (Wildman–Crippen LogP) is 1.39. The Labute approximate surface area is 111 Å². The van der Waals surface area contributed by atoms with Gasteiger partial charge in [0, 0.05) is 6.42 Å². The molecule has 0 aromatic heterocycles. The number of carbonyl (C=O) groups excluding carboxylic acids is 1. The zero-order valence-electron chi connectivity index (χ0n) is 11.6. The summed E-state index contributed by atoms with van der Waals surface area (Å²) in [4.78, 5) is 11.6. The van der Waals surface area contributed by atoms with Crippen molar-refractivity contribution in [1.29, 1.82) is 0 Å². The minimum Gasteiger partial charge on any atom is -0.330 e. The van der Waals surface area contributed by atoms with Crippen LogP contribution in [-0.4, -0.2) is 26.1 Å². The first-order valence-electron chi connectivity index (χ1n) is 6.58. The molecular weight excluding hydrogens is 252 g/mol. The molecule has 0 aromatic carbocycles. The van der Waals surface area contributed by atoms with E-state index >= 15 is 0 Å². The number of nitrogens with two attached hydrogens (primary N) is 1. The van der Waals surface area contributed by atoms with E-state index in [0.717, 1.165) is 19.3 Å². The minimum atomic E-state index is -3.49. The Morgan fingerprint density at radius 1 is 1.22 bits per heavy atom. The van der Waals surface area contributed by atoms with Crippen LogP contribution >= 0.6 is 0 Å². The molecule has 6 heteroatoms. The lowest BCUT2D eigenvalue weighted by molar-refractivity contribution is -0.119. The van der Waals surface area contributed by atoms with E-state index in [4.69, 9.17) is 5.73 Å². The van der Waals surface area contributed by atoms with Crippen LogP contribution in [0.4, 0.5) is 0 Å². The molecule has 0 bridgehead atoms. The van der Waals surface area contributed by atoms with Crippen molar-refractivity contribution in [2.45, 2.75) is 58.1 Å². The van der Waals surface area contributed by atoms with Crippen LogP contribution < -0.4 is 10.5 Å². The van der Waals surface area contributed by atoms with E-state index in [9.17, 15) is 13.2 Å². The SMILES string of the molecule is CCCC(CCN)CCC(=O)NS(=O)(=O)C(C)C. The smallest absolute Gasteiger partial charge is 0.237 e. The Kier molecular flexibility index (Phi) is 8.18. The highest BCUT2D eigenvalue weighted by molar-refractivity contribution is 7.90. The van der Waals surface area contributed by atoms with E-state index < -0.39 is 21.2 Å². The zero-order valence-corrected chi connectivity index (χ0v) is 12.4. The van der Waals surface area contributed by atoms with Crippen molar-refractivity contribution < 1.29 is 13.2 Å². The Morgan fingerprint density at radius 2 is 1.83 bits per heavy atom. The highest BCUT2D eigenvalue weighted by Gasteiger charge is 2.19. The van der Waals surface area contributed by atoms with Gasteiger partial charge in [0.2, 0.25) is 15.9 Å². The molecule has 0 saturated carbocycles. The van der Waals surface area contributed by atoms with Gasteiger partial charge in [-0.05, 0) is 39.2 Å². The molecule has 1 unspecified atom stereocenters. The molecule has 0 aliphatic rings. The van der Waals surface area contributed by atoms with E-state index in [1.165, 1.54) is 0 Å². The third-order valence-corrected chi connectivity index (χ3v) is 4.68. The predicted molar refractivity (Wildman–Crippen MR) is 73.5 cm³/mol. The Morgan fingerprint density at radius 3 is 2.28 bits per heavy atom. The summed E-state index contributed by atoms with van der Waals surface area (Å²) in [7, 11) is -3.49. The molecular formula is C12H26N2O3S. The second-order valence-electron chi connectivity index (χ2n) is 4.89. The van der Waals surface area contributed by atoms with Crippen LogP contribution in [0.5, 0.6) is 0 Å². The van der Waals surface area contributed by atoms with Gasteiger partial charge in [0.05, 0.1) is 5.25 Å². The highest BCUT2D eigenvalue weighted by atomic mass is 32.2. The minimum absolute atomic E-state index is 0.247. The van der Waals surface area contributed by atoms with Gasteiger partial charge in [0.1, 0.15) is 0 Å². The maximum absolute atomic E-state index is 11.6. The van der Waals surface area contributed by atoms with Crippen LogP contribution in [0.15, 0.2) is 0 Å². The van der Waals surface area contributed by atoms with Crippen LogP contribution in [0.3, 0.4) is 0 Å². The molecule has 108 valence electrons. The van der Waals surface area contributed by atoms with Crippen LogP contribution in [-0.2, 0) is 14.8 Å². The first-order valence-corrected chi connectivity index (χ1v) is 8.12. The van der Waals surface area contributed by atoms with Crippen molar-refractivity contribution in [3.05, 3.63) is 0 Å². The quantitative estimate of drug-likeness (QED) is 0.667. The molecule has 0 rings (SSSR count). The molecule has 0 heterocycles. The second kappa shape index (κ2) is 8.48. The van der Waals surface area contributed by atoms with Gasteiger partial charge in [0.15, 0.2) is 0 Å². The monoisotopic (exact) mass is 278 g/mol. The van der Waals surface area contributed by atoms with Gasteiger partial charge in [-0.1, -0.05) is 19.8 Å². The number of hydrogen-bond donors (Lipinski definition) is 2. The third kappa shape index (κ3) is 6.96. The molecule has 0 radical (unpaired) electrons. The van der Waals surface area contributed by atoms with Crippen LogP contribution in [0, 0.1) is 5.92 Å². The molecule has 1 amide bonds. The molecule has 0 fully saturated rings. The lowest BCUT2D eigenvalue weighted by Gasteiger charge is -2.15. The molecule has 3 N–H and O–H groups in total. The summed E-state index contributed by atoms with van der Waals surface area (Å²) >= 11 is 0. The molecule has 1 atom stereocenters. The van der Waals surface area contributed by atoms with E-state index in [1.54, 1.807) is 13.8 Å². The number of amides is 1. The topological polar surface area (TPSA) is 89.3 Å². The van der Waals surface area contributed by atoms with Crippen molar-refractivity contribution in [3.63, 3.8) is 0 Å². The molecule has 0 aromatic rings. The van der Waals surface area contributed by atoms with E-state index in [1.807, 2.05) is 0 Å². The lowest BCUT2D eigenvalue weighted by Crippen LogP contribution is -2.35. The lowest BCUT2D eigenvalue weighted by atomic mass is 9.94. The first kappa shape index (κ1) is 17.4. The summed E-state index contributed by atoms with van der Waals surface area (Å²) in [6.45, 7) is 5.79. The maximum atomic E-state index is 11.6. The summed E-state index contributed by atoms with van der Waals surface area (Å²) in [5.74, 6) is -0.00525. The number of hydrogen-bond acceptors (Lipinski definition) is 4. The molecule has 18 heavy (non-hydrogen) atoms. The number of rotatable bonds is 9. The maximum Gasteiger partial charge on any atom is 0.237 e. The van der Waals surface area contributed by atoms with Gasteiger partial charge in [-0.15, -0.1) is 0 Å². The average Bonchev–Trinajstić information content (AvgIpc) is 2.25. The van der Waals surface area contributed by atoms with E-state index in [-0.39, 0.29) is 6.42 Å². The fourth-order valence-electron chi connectivity index (χ4n) is 1.74. The van der Waals surface area contributed by atoms with Crippen molar-refractivity contribution in [2.75, 3.05) is 6.54 Å². The normalized spacial score (nSPS) is 13.6. The fraction of sp³-hybridized carbons (Fsp3) is 0.917. The summed E-state index contributed by atoms with van der Waals surface area (Å²) in [6.07, 6.45) is 3.91. The number of carbonyl (C=O) groups is 1. The Hall–Kier alpha value is -0.620. The van der Waals surface area contributed by atoms with Gasteiger partial charge in [-0.25, -0.2) is 8.42 Å². The van der Waals surface area contributed by atoms with E-state index in [2.05, 4.69) is 11.6 Å². The van der Waals surface area contributed by atoms with E-state index in [0.29, 0.717) is 18.9 Å². The zero-order chi connectivity index (χ0) is 14.2. The van der Waals surface area contributed by atoms with Crippen LogP contribution in [0.1, 0.15) is 52.9 Å². The van der Waals surface area contributed by atoms with Gasteiger partial charge >= 0.3 is 0 Å². The van der Waals surface area contributed by atoms with Crippen molar-refractivity contribution in [3.8, 4) is 0 Å². The van der Waals surface area contributed by atoms with Gasteiger partial charge in [-0.2, -0.15) is 0 Å². The summed E-state index contributed by atoms with van der Waals surface area (Å²) in [5.41, 5.74) is 5.51. The summed E-state index contributed by atoms with van der Waals surface area (Å²) < 4.78 is 25.1. The van der Waals surface area contributed by atoms with Gasteiger partial charge < -0.3 is 5.73 Å². The standard InChI is InChI=1S/C12H26N2O3S/c1-4-5-11(8-9-13)6-7-12(15)14-18(16,17)10(2)3/h10-11H,4-9,13H2,1-3H3,(H,14,15). The van der Waals surface area contributed by atoms with Crippen LogP contribution in [0.25, 0.3) is 0 Å². The number of sulfonamides is 1. The fourth-order valence-corrected chi connectivity index (χ4v) is 2.39. The van der Waals surface area contributed by atoms with Crippen molar-refractivity contribution >= 4 is 15.9 Å².